The maximum Gasteiger partial charge on any atom is 0.245 e. The first-order chi connectivity index (χ1) is 10.7. The van der Waals surface area contributed by atoms with Gasteiger partial charge in [-0.1, -0.05) is 19.8 Å². The van der Waals surface area contributed by atoms with Gasteiger partial charge in [-0.3, -0.25) is 9.59 Å². The summed E-state index contributed by atoms with van der Waals surface area (Å²) in [5.74, 6) is 1.88. The van der Waals surface area contributed by atoms with Gasteiger partial charge in [-0.15, -0.1) is 0 Å². The molecule has 0 unspecified atom stereocenters. The molecule has 3 rings (SSSR count). The first-order valence-corrected chi connectivity index (χ1v) is 8.37. The Balaban J connectivity index is 1.81. The van der Waals surface area contributed by atoms with Gasteiger partial charge in [0.1, 0.15) is 17.6 Å². The number of likely N-dealkylation sites (tertiary alicyclic amines) is 1. The van der Waals surface area contributed by atoms with Crippen LogP contribution in [0.25, 0.3) is 0 Å². The Morgan fingerprint density at radius 2 is 2.18 bits per heavy atom. The topological polar surface area (TPSA) is 62.6 Å². The molecule has 5 heteroatoms. The summed E-state index contributed by atoms with van der Waals surface area (Å²) in [5.41, 5.74) is 0. The van der Waals surface area contributed by atoms with E-state index in [1.54, 1.807) is 0 Å². The number of hydrogen-bond acceptors (Lipinski definition) is 3. The number of carbonyl (C=O) groups is 2. The van der Waals surface area contributed by atoms with Crippen molar-refractivity contribution in [2.45, 2.75) is 64.0 Å². The van der Waals surface area contributed by atoms with Crippen LogP contribution in [0, 0.1) is 0 Å². The van der Waals surface area contributed by atoms with Crippen LogP contribution in [-0.4, -0.2) is 29.3 Å². The zero-order valence-electron chi connectivity index (χ0n) is 13.1. The van der Waals surface area contributed by atoms with Crippen LogP contribution < -0.4 is 5.32 Å². The molecule has 5 nitrogen and oxygen atoms in total. The fourth-order valence-electron chi connectivity index (χ4n) is 3.43. The van der Waals surface area contributed by atoms with Crippen LogP contribution in [0.3, 0.4) is 0 Å². The molecule has 2 aliphatic rings. The lowest BCUT2D eigenvalue weighted by molar-refractivity contribution is -0.137. The molecule has 0 aromatic carbocycles. The predicted molar refractivity (Wildman–Crippen MR) is 82.2 cm³/mol. The molecule has 2 atom stereocenters. The molecule has 0 radical (unpaired) electrons. The van der Waals surface area contributed by atoms with Gasteiger partial charge in [-0.05, 0) is 31.4 Å². The van der Waals surface area contributed by atoms with Crippen LogP contribution in [0.2, 0.25) is 0 Å². The number of carbonyl (C=O) groups excluding carboxylic acids is 2. The minimum atomic E-state index is -0.353. The van der Waals surface area contributed by atoms with Crippen molar-refractivity contribution in [1.29, 1.82) is 0 Å². The summed E-state index contributed by atoms with van der Waals surface area (Å²) >= 11 is 0. The van der Waals surface area contributed by atoms with E-state index in [1.807, 2.05) is 17.0 Å². The lowest BCUT2D eigenvalue weighted by atomic mass is 10.1. The van der Waals surface area contributed by atoms with E-state index in [2.05, 4.69) is 12.2 Å². The molecule has 2 saturated heterocycles. The smallest absolute Gasteiger partial charge is 0.245 e. The third kappa shape index (κ3) is 3.03. The quantitative estimate of drug-likeness (QED) is 0.933. The summed E-state index contributed by atoms with van der Waals surface area (Å²) in [4.78, 5) is 26.2. The molecule has 1 N–H and O–H groups in total. The van der Waals surface area contributed by atoms with Crippen LogP contribution in [0.15, 0.2) is 16.5 Å². The fourth-order valence-corrected chi connectivity index (χ4v) is 3.43. The molecular formula is C17H24N2O3. The van der Waals surface area contributed by atoms with Gasteiger partial charge in [0.05, 0.1) is 6.04 Å². The highest BCUT2D eigenvalue weighted by Crippen LogP contribution is 2.32. The minimum Gasteiger partial charge on any atom is -0.464 e. The van der Waals surface area contributed by atoms with Gasteiger partial charge in [0.15, 0.2) is 0 Å². The van der Waals surface area contributed by atoms with Crippen molar-refractivity contribution in [2.75, 3.05) is 6.54 Å². The average molecular weight is 304 g/mol. The van der Waals surface area contributed by atoms with E-state index in [-0.39, 0.29) is 23.9 Å². The van der Waals surface area contributed by atoms with Crippen molar-refractivity contribution in [3.05, 3.63) is 23.7 Å². The molecule has 3 heterocycles. The zero-order valence-corrected chi connectivity index (χ0v) is 13.1. The molecule has 1 aromatic heterocycles. The Morgan fingerprint density at radius 3 is 2.86 bits per heavy atom. The highest BCUT2D eigenvalue weighted by atomic mass is 16.3. The maximum atomic E-state index is 12.8. The Labute approximate surface area is 131 Å². The number of hydrogen-bond donors (Lipinski definition) is 1. The summed E-state index contributed by atoms with van der Waals surface area (Å²) in [6.45, 7) is 2.81. The first-order valence-electron chi connectivity index (χ1n) is 8.37. The molecule has 120 valence electrons. The number of furan rings is 1. The van der Waals surface area contributed by atoms with Crippen molar-refractivity contribution in [2.24, 2.45) is 0 Å². The molecule has 0 spiro atoms. The molecule has 22 heavy (non-hydrogen) atoms. The van der Waals surface area contributed by atoms with Crippen molar-refractivity contribution < 1.29 is 14.0 Å². The van der Waals surface area contributed by atoms with Gasteiger partial charge in [0.25, 0.3) is 0 Å². The fraction of sp³-hybridized carbons (Fsp3) is 0.647. The third-order valence-corrected chi connectivity index (χ3v) is 4.69. The third-order valence-electron chi connectivity index (χ3n) is 4.69. The molecule has 2 amide bonds. The first kappa shape index (κ1) is 15.1. The Bertz CT molecular complexity index is 552. The minimum absolute atomic E-state index is 0.00722. The van der Waals surface area contributed by atoms with Crippen LogP contribution in [0.1, 0.15) is 63.0 Å². The molecule has 2 fully saturated rings. The van der Waals surface area contributed by atoms with Gasteiger partial charge < -0.3 is 14.6 Å². The monoisotopic (exact) mass is 304 g/mol. The van der Waals surface area contributed by atoms with Crippen molar-refractivity contribution in [3.63, 3.8) is 0 Å². The molecule has 0 saturated carbocycles. The normalized spacial score (nSPS) is 25.9. The molecule has 0 aliphatic carbocycles. The summed E-state index contributed by atoms with van der Waals surface area (Å²) in [6.07, 6.45) is 6.12. The Kier molecular flexibility index (Phi) is 4.50. The van der Waals surface area contributed by atoms with Crippen molar-refractivity contribution in [3.8, 4) is 0 Å². The molecule has 2 aliphatic heterocycles. The van der Waals surface area contributed by atoms with Gasteiger partial charge in [0.2, 0.25) is 11.8 Å². The number of amides is 2. The maximum absolute atomic E-state index is 12.8. The van der Waals surface area contributed by atoms with E-state index in [9.17, 15) is 9.59 Å². The van der Waals surface area contributed by atoms with E-state index in [0.29, 0.717) is 12.8 Å². The molecule has 1 aromatic rings. The molecule has 0 bridgehead atoms. The summed E-state index contributed by atoms with van der Waals surface area (Å²) in [6, 6.07) is 3.66. The van der Waals surface area contributed by atoms with E-state index in [4.69, 9.17) is 4.42 Å². The highest BCUT2D eigenvalue weighted by Gasteiger charge is 2.36. The van der Waals surface area contributed by atoms with Gasteiger partial charge in [-0.2, -0.15) is 0 Å². The second kappa shape index (κ2) is 6.55. The van der Waals surface area contributed by atoms with Crippen LogP contribution >= 0.6 is 0 Å². The number of aryl methyl sites for hydroxylation is 1. The van der Waals surface area contributed by atoms with Gasteiger partial charge in [-0.25, -0.2) is 0 Å². The lowest BCUT2D eigenvalue weighted by Gasteiger charge is -2.30. The largest absolute Gasteiger partial charge is 0.464 e. The van der Waals surface area contributed by atoms with Crippen LogP contribution in [0.4, 0.5) is 0 Å². The zero-order chi connectivity index (χ0) is 15.5. The van der Waals surface area contributed by atoms with Crippen molar-refractivity contribution >= 4 is 11.8 Å². The van der Waals surface area contributed by atoms with E-state index in [0.717, 1.165) is 50.2 Å². The second-order valence-corrected chi connectivity index (χ2v) is 6.21. The summed E-state index contributed by atoms with van der Waals surface area (Å²) in [5, 5.41) is 2.80. The predicted octanol–water partition coefficient (Wildman–Crippen LogP) is 2.56. The van der Waals surface area contributed by atoms with Crippen molar-refractivity contribution in [1.82, 2.24) is 10.2 Å². The Morgan fingerprint density at radius 1 is 1.32 bits per heavy atom. The second-order valence-electron chi connectivity index (χ2n) is 6.21. The number of rotatable bonds is 3. The van der Waals surface area contributed by atoms with E-state index in [1.165, 1.54) is 0 Å². The van der Waals surface area contributed by atoms with E-state index < -0.39 is 0 Å². The van der Waals surface area contributed by atoms with Gasteiger partial charge in [0, 0.05) is 19.4 Å². The molecular weight excluding hydrogens is 280 g/mol. The average Bonchev–Trinajstić information content (AvgIpc) is 3.10. The number of nitrogens with zero attached hydrogens (tertiary/aromatic N) is 1. The van der Waals surface area contributed by atoms with Gasteiger partial charge >= 0.3 is 0 Å². The highest BCUT2D eigenvalue weighted by molar-refractivity contribution is 5.91. The summed E-state index contributed by atoms with van der Waals surface area (Å²) < 4.78 is 5.91. The number of nitrogens with one attached hydrogen (secondary N) is 1. The standard InChI is InChI=1S/C17H24N2O3/c1-2-12-7-9-15(22-12)14-6-4-3-5-11-19(14)17(21)13-8-10-16(20)18-13/h7,9,13-14H,2-6,8,10-11H2,1H3,(H,18,20)/t13-,14+/m0/s1. The lowest BCUT2D eigenvalue weighted by Crippen LogP contribution is -2.46. The van der Waals surface area contributed by atoms with Crippen LogP contribution in [0.5, 0.6) is 0 Å². The Hall–Kier alpha value is -1.78. The SMILES string of the molecule is CCc1ccc([C@H]2CCCCCN2C(=O)[C@@H]2CCC(=O)N2)o1. The van der Waals surface area contributed by atoms with Crippen LogP contribution in [-0.2, 0) is 16.0 Å². The summed E-state index contributed by atoms with van der Waals surface area (Å²) in [7, 11) is 0. The van der Waals surface area contributed by atoms with E-state index >= 15 is 0 Å².